The lowest BCUT2D eigenvalue weighted by Gasteiger charge is -2.13. The Morgan fingerprint density at radius 2 is 1.55 bits per heavy atom. The molecule has 0 bridgehead atoms. The quantitative estimate of drug-likeness (QED) is 0.436. The van der Waals surface area contributed by atoms with Crippen molar-refractivity contribution in [3.63, 3.8) is 0 Å². The number of nitrogens with zero attached hydrogens (tertiary/aromatic N) is 4. The van der Waals surface area contributed by atoms with Crippen LogP contribution in [0.1, 0.15) is 17.0 Å². The molecule has 2 aromatic heterocycles. The van der Waals surface area contributed by atoms with Crippen molar-refractivity contribution >= 4 is 10.9 Å². The van der Waals surface area contributed by atoms with Crippen molar-refractivity contribution in [2.45, 2.75) is 18.9 Å². The van der Waals surface area contributed by atoms with Gasteiger partial charge in [0.15, 0.2) is 0 Å². The molecule has 11 heteroatoms. The van der Waals surface area contributed by atoms with Gasteiger partial charge in [-0.3, -0.25) is 4.68 Å². The fourth-order valence-electron chi connectivity index (χ4n) is 2.95. The molecule has 0 radical (unpaired) electrons. The van der Waals surface area contributed by atoms with Crippen LogP contribution in [0.5, 0.6) is 0 Å². The minimum absolute atomic E-state index is 0.00556. The average Bonchev–Trinajstić information content (AvgIpc) is 3.29. The molecule has 0 atom stereocenters. The first kappa shape index (κ1) is 19.0. The molecular formula is C18H10F6N4O. The second-order valence-electron chi connectivity index (χ2n) is 6.15. The maximum absolute atomic E-state index is 13.2. The highest BCUT2D eigenvalue weighted by atomic mass is 19.4. The maximum Gasteiger partial charge on any atom is 0.416 e. The Labute approximate surface area is 158 Å². The van der Waals surface area contributed by atoms with Gasteiger partial charge < -0.3 is 4.42 Å². The highest BCUT2D eigenvalue weighted by Gasteiger charge is 2.37. The monoisotopic (exact) mass is 412 g/mol. The molecule has 4 aromatic rings. The third kappa shape index (κ3) is 3.67. The van der Waals surface area contributed by atoms with Crippen LogP contribution in [0.3, 0.4) is 0 Å². The van der Waals surface area contributed by atoms with Crippen molar-refractivity contribution in [3.05, 3.63) is 65.9 Å². The van der Waals surface area contributed by atoms with Gasteiger partial charge in [0.25, 0.3) is 0 Å². The number of alkyl halides is 6. The first-order valence-electron chi connectivity index (χ1n) is 8.13. The van der Waals surface area contributed by atoms with Crippen LogP contribution in [0.2, 0.25) is 0 Å². The molecule has 0 fully saturated rings. The lowest BCUT2D eigenvalue weighted by atomic mass is 10.0. The normalized spacial score (nSPS) is 12.6. The van der Waals surface area contributed by atoms with Gasteiger partial charge >= 0.3 is 12.4 Å². The van der Waals surface area contributed by atoms with Crippen molar-refractivity contribution in [2.75, 3.05) is 0 Å². The molecule has 2 aromatic carbocycles. The highest BCUT2D eigenvalue weighted by Crippen LogP contribution is 2.39. The predicted molar refractivity (Wildman–Crippen MR) is 88.6 cm³/mol. The van der Waals surface area contributed by atoms with Crippen LogP contribution in [0.15, 0.2) is 53.3 Å². The topological polar surface area (TPSA) is 56.7 Å². The Balaban J connectivity index is 1.93. The van der Waals surface area contributed by atoms with Crippen LogP contribution in [0.4, 0.5) is 26.3 Å². The summed E-state index contributed by atoms with van der Waals surface area (Å²) in [5, 5.41) is 11.9. The van der Waals surface area contributed by atoms with E-state index in [0.717, 1.165) is 6.39 Å². The average molecular weight is 412 g/mol. The minimum atomic E-state index is -4.95. The van der Waals surface area contributed by atoms with E-state index in [4.69, 9.17) is 4.42 Å². The van der Waals surface area contributed by atoms with E-state index in [-0.39, 0.29) is 29.8 Å². The summed E-state index contributed by atoms with van der Waals surface area (Å²) < 4.78 is 85.6. The third-order valence-electron chi connectivity index (χ3n) is 4.21. The molecule has 4 rings (SSSR count). The van der Waals surface area contributed by atoms with Gasteiger partial charge in [-0.25, -0.2) is 0 Å². The summed E-state index contributed by atoms with van der Waals surface area (Å²) in [7, 11) is 0. The first-order valence-corrected chi connectivity index (χ1v) is 8.13. The van der Waals surface area contributed by atoms with E-state index in [1.165, 1.54) is 4.68 Å². The van der Waals surface area contributed by atoms with Crippen LogP contribution in [0.25, 0.3) is 22.2 Å². The zero-order chi connectivity index (χ0) is 20.8. The van der Waals surface area contributed by atoms with Gasteiger partial charge in [-0.1, -0.05) is 18.2 Å². The van der Waals surface area contributed by atoms with Gasteiger partial charge in [0, 0.05) is 10.9 Å². The molecule has 0 spiro atoms. The summed E-state index contributed by atoms with van der Waals surface area (Å²) in [6.45, 7) is 0.00556. The molecule has 0 aliphatic rings. The number of rotatable bonds is 3. The number of hydrogen-bond acceptors (Lipinski definition) is 4. The summed E-state index contributed by atoms with van der Waals surface area (Å²) in [5.41, 5.74) is -2.63. The Kier molecular flexibility index (Phi) is 4.32. The van der Waals surface area contributed by atoms with Crippen molar-refractivity contribution < 1.29 is 30.8 Å². The summed E-state index contributed by atoms with van der Waals surface area (Å²) in [5.74, 6) is 0.185. The Morgan fingerprint density at radius 3 is 2.14 bits per heavy atom. The van der Waals surface area contributed by atoms with Crippen molar-refractivity contribution in [3.8, 4) is 11.3 Å². The molecule has 0 aliphatic carbocycles. The molecule has 0 saturated carbocycles. The second-order valence-corrected chi connectivity index (χ2v) is 6.15. The summed E-state index contributed by atoms with van der Waals surface area (Å²) in [4.78, 5) is 0. The molecule has 0 saturated heterocycles. The zero-order valence-corrected chi connectivity index (χ0v) is 14.3. The van der Waals surface area contributed by atoms with Crippen LogP contribution in [-0.2, 0) is 18.9 Å². The van der Waals surface area contributed by atoms with Gasteiger partial charge in [-0.15, -0.1) is 10.2 Å². The predicted octanol–water partition coefficient (Wildman–Crippen LogP) is 5.17. The molecular weight excluding hydrogens is 402 g/mol. The lowest BCUT2D eigenvalue weighted by molar-refractivity contribution is -0.143. The zero-order valence-electron chi connectivity index (χ0n) is 14.3. The van der Waals surface area contributed by atoms with Crippen LogP contribution < -0.4 is 0 Å². The van der Waals surface area contributed by atoms with E-state index < -0.39 is 23.5 Å². The van der Waals surface area contributed by atoms with Crippen molar-refractivity contribution in [2.24, 2.45) is 0 Å². The number of para-hydroxylation sites is 1. The number of halogens is 6. The molecule has 2 heterocycles. The molecule has 5 nitrogen and oxygen atoms in total. The van der Waals surface area contributed by atoms with Gasteiger partial charge in [-0.2, -0.15) is 31.4 Å². The Hall–Kier alpha value is -3.37. The Bertz CT molecular complexity index is 1130. The molecule has 0 aliphatic heterocycles. The maximum atomic E-state index is 13.2. The first-order chi connectivity index (χ1) is 13.6. The van der Waals surface area contributed by atoms with Gasteiger partial charge in [0.1, 0.15) is 12.2 Å². The van der Waals surface area contributed by atoms with E-state index in [1.807, 2.05) is 0 Å². The van der Waals surface area contributed by atoms with Crippen LogP contribution >= 0.6 is 0 Å². The SMILES string of the molecule is FC(F)(F)c1cc(-c2nn(Cc3nnco3)c3ccccc23)cc(C(F)(F)F)c1. The Morgan fingerprint density at radius 1 is 0.897 bits per heavy atom. The van der Waals surface area contributed by atoms with E-state index in [1.54, 1.807) is 24.3 Å². The van der Waals surface area contributed by atoms with Crippen LogP contribution in [0, 0.1) is 0 Å². The van der Waals surface area contributed by atoms with Gasteiger partial charge in [0.2, 0.25) is 12.3 Å². The summed E-state index contributed by atoms with van der Waals surface area (Å²) in [6.07, 6.45) is -8.79. The molecule has 0 N–H and O–H groups in total. The smallest absolute Gasteiger partial charge is 0.416 e. The third-order valence-corrected chi connectivity index (χ3v) is 4.21. The molecule has 0 amide bonds. The van der Waals surface area contributed by atoms with E-state index in [2.05, 4.69) is 15.3 Å². The fraction of sp³-hybridized carbons (Fsp3) is 0.167. The second kappa shape index (κ2) is 6.61. The van der Waals surface area contributed by atoms with Crippen LogP contribution in [-0.4, -0.2) is 20.0 Å². The number of aromatic nitrogens is 4. The van der Waals surface area contributed by atoms with Gasteiger partial charge in [0.05, 0.1) is 16.6 Å². The standard InChI is InChI=1S/C18H10F6N4O/c19-17(20,21)11-5-10(6-12(7-11)18(22,23)24)16-13-3-1-2-4-14(13)28(27-16)8-15-26-25-9-29-15/h1-7,9H,8H2. The van der Waals surface area contributed by atoms with E-state index >= 15 is 0 Å². The van der Waals surface area contributed by atoms with Crippen molar-refractivity contribution in [1.29, 1.82) is 0 Å². The lowest BCUT2D eigenvalue weighted by Crippen LogP contribution is -2.11. The van der Waals surface area contributed by atoms with Gasteiger partial charge in [-0.05, 0) is 24.3 Å². The number of benzene rings is 2. The van der Waals surface area contributed by atoms with E-state index in [0.29, 0.717) is 23.0 Å². The largest absolute Gasteiger partial charge is 0.426 e. The highest BCUT2D eigenvalue weighted by molar-refractivity contribution is 5.93. The molecule has 29 heavy (non-hydrogen) atoms. The number of hydrogen-bond donors (Lipinski definition) is 0. The summed E-state index contributed by atoms with van der Waals surface area (Å²) >= 11 is 0. The van der Waals surface area contributed by atoms with Crippen molar-refractivity contribution in [1.82, 2.24) is 20.0 Å². The minimum Gasteiger partial charge on any atom is -0.426 e. The number of fused-ring (bicyclic) bond motifs is 1. The van der Waals surface area contributed by atoms with E-state index in [9.17, 15) is 26.3 Å². The fourth-order valence-corrected chi connectivity index (χ4v) is 2.95. The summed E-state index contributed by atoms with van der Waals surface area (Å²) in [6, 6.07) is 7.88. The molecule has 0 unspecified atom stereocenters. The molecule has 150 valence electrons.